The summed E-state index contributed by atoms with van der Waals surface area (Å²) in [5, 5.41) is 9.59. The highest BCUT2D eigenvalue weighted by molar-refractivity contribution is 7.89. The number of ether oxygens (including phenoxy) is 2. The fourth-order valence-electron chi connectivity index (χ4n) is 1.82. The van der Waals surface area contributed by atoms with Gasteiger partial charge in [0.1, 0.15) is 0 Å². The van der Waals surface area contributed by atoms with Gasteiger partial charge < -0.3 is 14.6 Å². The molecular weight excluding hydrogens is 294 g/mol. The summed E-state index contributed by atoms with van der Waals surface area (Å²) in [5.74, 6) is 0. The summed E-state index contributed by atoms with van der Waals surface area (Å²) in [7, 11) is -0.593. The number of aliphatic hydroxyl groups is 1. The van der Waals surface area contributed by atoms with Crippen LogP contribution in [0.1, 0.15) is 18.6 Å². The molecule has 0 aliphatic heterocycles. The van der Waals surface area contributed by atoms with Crippen molar-refractivity contribution in [3.8, 4) is 0 Å². The highest BCUT2D eigenvalue weighted by atomic mass is 32.2. The second kappa shape index (κ2) is 8.45. The fourth-order valence-corrected chi connectivity index (χ4v) is 3.29. The Morgan fingerprint density at radius 2 is 1.76 bits per heavy atom. The number of methoxy groups -OCH3 is 2. The summed E-state index contributed by atoms with van der Waals surface area (Å²) in [6, 6.07) is 6.33. The molecule has 0 aromatic heterocycles. The van der Waals surface area contributed by atoms with Gasteiger partial charge in [-0.25, -0.2) is 8.42 Å². The number of benzene rings is 1. The Morgan fingerprint density at radius 3 is 2.24 bits per heavy atom. The van der Waals surface area contributed by atoms with Gasteiger partial charge in [-0.15, -0.1) is 0 Å². The lowest BCUT2D eigenvalue weighted by molar-refractivity contribution is 0.150. The van der Waals surface area contributed by atoms with E-state index in [1.165, 1.54) is 30.7 Å². The molecule has 7 heteroatoms. The third kappa shape index (κ3) is 5.05. The lowest BCUT2D eigenvalue weighted by Crippen LogP contribution is -2.36. The number of aliphatic hydroxyl groups excluding tert-OH is 1. The molecule has 0 radical (unpaired) electrons. The Hall–Kier alpha value is -0.990. The van der Waals surface area contributed by atoms with Crippen LogP contribution in [0.2, 0.25) is 0 Å². The van der Waals surface area contributed by atoms with E-state index in [1.807, 2.05) is 0 Å². The van der Waals surface area contributed by atoms with Crippen LogP contribution in [0.4, 0.5) is 0 Å². The Kier molecular flexibility index (Phi) is 7.27. The van der Waals surface area contributed by atoms with E-state index in [4.69, 9.17) is 9.47 Å². The van der Waals surface area contributed by atoms with Crippen LogP contribution in [0.15, 0.2) is 29.2 Å². The molecule has 1 aromatic rings. The van der Waals surface area contributed by atoms with Gasteiger partial charge in [0.15, 0.2) is 0 Å². The number of nitrogens with zero attached hydrogens (tertiary/aromatic N) is 1. The Balaban J connectivity index is 3.06. The largest absolute Gasteiger partial charge is 0.389 e. The van der Waals surface area contributed by atoms with Crippen molar-refractivity contribution in [3.05, 3.63) is 29.8 Å². The van der Waals surface area contributed by atoms with Crippen LogP contribution >= 0.6 is 0 Å². The molecule has 0 aliphatic carbocycles. The first-order valence-electron chi connectivity index (χ1n) is 6.69. The molecule has 1 atom stereocenters. The molecule has 0 aliphatic rings. The van der Waals surface area contributed by atoms with Crippen molar-refractivity contribution in [1.82, 2.24) is 4.31 Å². The van der Waals surface area contributed by atoms with Crippen LogP contribution in [-0.4, -0.2) is 58.4 Å². The molecule has 0 heterocycles. The van der Waals surface area contributed by atoms with E-state index in [1.54, 1.807) is 19.1 Å². The first kappa shape index (κ1) is 18.1. The zero-order valence-corrected chi connectivity index (χ0v) is 13.5. The average molecular weight is 317 g/mol. The Morgan fingerprint density at radius 1 is 1.19 bits per heavy atom. The van der Waals surface area contributed by atoms with Crippen molar-refractivity contribution >= 4 is 10.0 Å². The number of hydrogen-bond donors (Lipinski definition) is 1. The van der Waals surface area contributed by atoms with Crippen LogP contribution < -0.4 is 0 Å². The molecule has 1 N–H and O–H groups in total. The van der Waals surface area contributed by atoms with Crippen molar-refractivity contribution < 1.29 is 23.0 Å². The topological polar surface area (TPSA) is 76.1 Å². The van der Waals surface area contributed by atoms with Crippen LogP contribution in [0, 0.1) is 0 Å². The first-order valence-corrected chi connectivity index (χ1v) is 8.13. The number of rotatable bonds is 9. The zero-order chi connectivity index (χ0) is 15.9. The van der Waals surface area contributed by atoms with E-state index in [2.05, 4.69) is 0 Å². The van der Waals surface area contributed by atoms with Gasteiger partial charge in [0.2, 0.25) is 10.0 Å². The maximum atomic E-state index is 12.7. The van der Waals surface area contributed by atoms with E-state index in [9.17, 15) is 13.5 Å². The number of sulfonamides is 1. The lowest BCUT2D eigenvalue weighted by atomic mass is 10.1. The van der Waals surface area contributed by atoms with Crippen LogP contribution in [0.3, 0.4) is 0 Å². The summed E-state index contributed by atoms with van der Waals surface area (Å²) in [6.45, 7) is 2.71. The van der Waals surface area contributed by atoms with E-state index < -0.39 is 16.1 Å². The van der Waals surface area contributed by atoms with E-state index in [0.717, 1.165) is 0 Å². The van der Waals surface area contributed by atoms with Crippen LogP contribution in [0.25, 0.3) is 0 Å². The summed E-state index contributed by atoms with van der Waals surface area (Å²) in [5.41, 5.74) is 0.564. The molecule has 0 amide bonds. The highest BCUT2D eigenvalue weighted by Crippen LogP contribution is 2.20. The van der Waals surface area contributed by atoms with Crippen molar-refractivity contribution in [2.24, 2.45) is 0 Å². The maximum absolute atomic E-state index is 12.7. The van der Waals surface area contributed by atoms with Gasteiger partial charge in [-0.2, -0.15) is 4.31 Å². The van der Waals surface area contributed by atoms with Gasteiger partial charge in [0.25, 0.3) is 0 Å². The molecular formula is C14H23NO5S. The molecule has 1 aromatic carbocycles. The van der Waals surface area contributed by atoms with Crippen molar-refractivity contribution in [3.63, 3.8) is 0 Å². The minimum absolute atomic E-state index is 0.160. The quantitative estimate of drug-likeness (QED) is 0.736. The second-order valence-corrected chi connectivity index (χ2v) is 6.58. The van der Waals surface area contributed by atoms with Crippen LogP contribution in [0.5, 0.6) is 0 Å². The average Bonchev–Trinajstić information content (AvgIpc) is 2.47. The monoisotopic (exact) mass is 317 g/mol. The molecule has 0 saturated carbocycles. The summed E-state index contributed by atoms with van der Waals surface area (Å²) in [4.78, 5) is 0.160. The molecule has 1 rings (SSSR count). The Bertz CT molecular complexity index is 522. The van der Waals surface area contributed by atoms with Gasteiger partial charge in [0, 0.05) is 27.3 Å². The predicted molar refractivity (Wildman–Crippen MR) is 79.6 cm³/mol. The SMILES string of the molecule is COCCN(CCOC)S(=O)(=O)c1cccc(C(C)O)c1. The van der Waals surface area contributed by atoms with Crippen molar-refractivity contribution in [2.75, 3.05) is 40.5 Å². The molecule has 21 heavy (non-hydrogen) atoms. The van der Waals surface area contributed by atoms with Gasteiger partial charge in [-0.1, -0.05) is 12.1 Å². The standard InChI is InChI=1S/C14H23NO5S/c1-12(16)13-5-4-6-14(11-13)21(17,18)15(7-9-19-2)8-10-20-3/h4-6,11-12,16H,7-10H2,1-3H3. The summed E-state index contributed by atoms with van der Waals surface area (Å²) >= 11 is 0. The fraction of sp³-hybridized carbons (Fsp3) is 0.571. The molecule has 1 unspecified atom stereocenters. The lowest BCUT2D eigenvalue weighted by Gasteiger charge is -2.22. The third-order valence-electron chi connectivity index (χ3n) is 3.07. The van der Waals surface area contributed by atoms with Gasteiger partial charge >= 0.3 is 0 Å². The number of hydrogen-bond acceptors (Lipinski definition) is 5. The smallest absolute Gasteiger partial charge is 0.243 e. The predicted octanol–water partition coefficient (Wildman–Crippen LogP) is 1.02. The van der Waals surface area contributed by atoms with E-state index >= 15 is 0 Å². The molecule has 0 spiro atoms. The van der Waals surface area contributed by atoms with Crippen LogP contribution in [-0.2, 0) is 19.5 Å². The third-order valence-corrected chi connectivity index (χ3v) is 4.96. The van der Waals surface area contributed by atoms with Gasteiger partial charge in [0.05, 0.1) is 24.2 Å². The first-order chi connectivity index (χ1) is 9.93. The zero-order valence-electron chi connectivity index (χ0n) is 12.7. The minimum atomic E-state index is -3.64. The maximum Gasteiger partial charge on any atom is 0.243 e. The normalized spacial score (nSPS) is 13.6. The molecule has 0 fully saturated rings. The minimum Gasteiger partial charge on any atom is -0.389 e. The summed E-state index contributed by atoms with van der Waals surface area (Å²) in [6.07, 6.45) is -0.716. The second-order valence-electron chi connectivity index (χ2n) is 4.64. The molecule has 120 valence electrons. The van der Waals surface area contributed by atoms with E-state index in [0.29, 0.717) is 18.8 Å². The molecule has 0 bridgehead atoms. The van der Waals surface area contributed by atoms with Crippen molar-refractivity contribution in [2.45, 2.75) is 17.9 Å². The van der Waals surface area contributed by atoms with E-state index in [-0.39, 0.29) is 18.0 Å². The van der Waals surface area contributed by atoms with Crippen molar-refractivity contribution in [1.29, 1.82) is 0 Å². The summed E-state index contributed by atoms with van der Waals surface area (Å²) < 4.78 is 36.5. The Labute approximate surface area is 126 Å². The molecule has 6 nitrogen and oxygen atoms in total. The molecule has 0 saturated heterocycles. The highest BCUT2D eigenvalue weighted by Gasteiger charge is 2.24. The van der Waals surface area contributed by atoms with Gasteiger partial charge in [-0.3, -0.25) is 0 Å². The van der Waals surface area contributed by atoms with Gasteiger partial charge in [-0.05, 0) is 24.6 Å².